The Morgan fingerprint density at radius 3 is 2.12 bits per heavy atom. The van der Waals surface area contributed by atoms with Crippen LogP contribution in [0.4, 0.5) is 11.4 Å². The van der Waals surface area contributed by atoms with Crippen LogP contribution in [0.5, 0.6) is 0 Å². The molecule has 0 spiro atoms. The molecule has 25 heavy (non-hydrogen) atoms. The molecule has 0 unspecified atom stereocenters. The zero-order valence-corrected chi connectivity index (χ0v) is 14.4. The number of anilines is 2. The highest BCUT2D eigenvalue weighted by molar-refractivity contribution is 6.33. The van der Waals surface area contributed by atoms with E-state index in [9.17, 15) is 9.59 Å². The van der Waals surface area contributed by atoms with E-state index in [-0.39, 0.29) is 11.8 Å². The van der Waals surface area contributed by atoms with Gasteiger partial charge in [0, 0.05) is 11.3 Å². The minimum atomic E-state index is -0.286. The molecule has 0 saturated carbocycles. The molecule has 0 radical (unpaired) electrons. The van der Waals surface area contributed by atoms with Gasteiger partial charge in [-0.1, -0.05) is 56.2 Å². The van der Waals surface area contributed by atoms with E-state index in [4.69, 9.17) is 0 Å². The van der Waals surface area contributed by atoms with Crippen molar-refractivity contribution in [2.24, 2.45) is 0 Å². The molecule has 4 nitrogen and oxygen atoms in total. The summed E-state index contributed by atoms with van der Waals surface area (Å²) in [6, 6.07) is 18.6. The van der Waals surface area contributed by atoms with Crippen LogP contribution < -0.4 is 10.2 Å². The Kier molecular flexibility index (Phi) is 5.29. The zero-order valence-electron chi connectivity index (χ0n) is 14.4. The monoisotopic (exact) mass is 334 g/mol. The summed E-state index contributed by atoms with van der Waals surface area (Å²) in [7, 11) is 0. The van der Waals surface area contributed by atoms with Crippen LogP contribution in [0.3, 0.4) is 0 Å². The number of nitrogens with one attached hydrogen (secondary N) is 1. The molecule has 1 aliphatic rings. The molecule has 0 saturated heterocycles. The first-order chi connectivity index (χ1) is 12.2. The standard InChI is InChI=1S/C21H22N2O2/c1-2-3-6-15-18-19(22-16-11-7-4-8-12-16)21(25)23(20(18)24)17-13-9-5-10-14-17/h4-5,7-14,22H,2-3,6,15H2,1H3. The number of imide groups is 1. The first-order valence-electron chi connectivity index (χ1n) is 8.71. The molecule has 2 aromatic rings. The largest absolute Gasteiger partial charge is 0.351 e. The SMILES string of the molecule is CCCCCC1=C(Nc2ccccc2)C(=O)N(c2ccccc2)C1=O. The van der Waals surface area contributed by atoms with Crippen molar-refractivity contribution in [2.45, 2.75) is 32.6 Å². The second-order valence-electron chi connectivity index (χ2n) is 6.08. The van der Waals surface area contributed by atoms with Gasteiger partial charge in [0.05, 0.1) is 5.69 Å². The molecule has 0 atom stereocenters. The van der Waals surface area contributed by atoms with E-state index in [1.165, 1.54) is 4.90 Å². The molecule has 1 aliphatic heterocycles. The second kappa shape index (κ2) is 7.79. The van der Waals surface area contributed by atoms with Gasteiger partial charge < -0.3 is 5.32 Å². The van der Waals surface area contributed by atoms with Crippen LogP contribution in [-0.2, 0) is 9.59 Å². The lowest BCUT2D eigenvalue weighted by atomic mass is 10.1. The summed E-state index contributed by atoms with van der Waals surface area (Å²) in [5.74, 6) is -0.503. The van der Waals surface area contributed by atoms with Crippen LogP contribution in [0, 0.1) is 0 Å². The molecular weight excluding hydrogens is 312 g/mol. The van der Waals surface area contributed by atoms with Gasteiger partial charge in [-0.05, 0) is 37.1 Å². The Balaban J connectivity index is 1.92. The number of amides is 2. The maximum absolute atomic E-state index is 12.9. The molecule has 0 aliphatic carbocycles. The first kappa shape index (κ1) is 17.0. The van der Waals surface area contributed by atoms with Crippen molar-refractivity contribution in [1.29, 1.82) is 0 Å². The maximum atomic E-state index is 12.9. The van der Waals surface area contributed by atoms with Crippen molar-refractivity contribution < 1.29 is 9.59 Å². The van der Waals surface area contributed by atoms with E-state index in [0.717, 1.165) is 24.9 Å². The Morgan fingerprint density at radius 2 is 1.48 bits per heavy atom. The number of para-hydroxylation sites is 2. The normalized spacial score (nSPS) is 14.4. The first-order valence-corrected chi connectivity index (χ1v) is 8.71. The Bertz CT molecular complexity index is 782. The third kappa shape index (κ3) is 3.63. The van der Waals surface area contributed by atoms with Gasteiger partial charge in [0.25, 0.3) is 11.8 Å². The Morgan fingerprint density at radius 1 is 0.840 bits per heavy atom. The van der Waals surface area contributed by atoms with Crippen molar-refractivity contribution in [3.8, 4) is 0 Å². The molecule has 0 aromatic heterocycles. The predicted octanol–water partition coefficient (Wildman–Crippen LogP) is 4.51. The van der Waals surface area contributed by atoms with Crippen LogP contribution in [0.2, 0.25) is 0 Å². The van der Waals surface area contributed by atoms with E-state index in [0.29, 0.717) is 23.4 Å². The van der Waals surface area contributed by atoms with Crippen LogP contribution in [0.1, 0.15) is 32.6 Å². The van der Waals surface area contributed by atoms with Crippen molar-refractivity contribution in [2.75, 3.05) is 10.2 Å². The van der Waals surface area contributed by atoms with E-state index < -0.39 is 0 Å². The molecule has 1 heterocycles. The minimum absolute atomic E-state index is 0.217. The fourth-order valence-electron chi connectivity index (χ4n) is 2.97. The topological polar surface area (TPSA) is 49.4 Å². The number of rotatable bonds is 7. The molecule has 2 aromatic carbocycles. The molecular formula is C21H22N2O2. The Hall–Kier alpha value is -2.88. The maximum Gasteiger partial charge on any atom is 0.282 e. The van der Waals surface area contributed by atoms with Gasteiger partial charge in [-0.15, -0.1) is 0 Å². The van der Waals surface area contributed by atoms with Crippen LogP contribution >= 0.6 is 0 Å². The van der Waals surface area contributed by atoms with Gasteiger partial charge >= 0.3 is 0 Å². The van der Waals surface area contributed by atoms with Gasteiger partial charge in [-0.3, -0.25) is 9.59 Å². The third-order valence-corrected chi connectivity index (χ3v) is 4.27. The van der Waals surface area contributed by atoms with Crippen LogP contribution in [0.15, 0.2) is 71.9 Å². The second-order valence-corrected chi connectivity index (χ2v) is 6.08. The molecule has 128 valence electrons. The lowest BCUT2D eigenvalue weighted by Gasteiger charge is -2.15. The van der Waals surface area contributed by atoms with E-state index >= 15 is 0 Å². The molecule has 0 fully saturated rings. The highest BCUT2D eigenvalue weighted by Gasteiger charge is 2.38. The van der Waals surface area contributed by atoms with Crippen molar-refractivity contribution in [3.05, 3.63) is 71.9 Å². The number of unbranched alkanes of at least 4 members (excludes halogenated alkanes) is 2. The van der Waals surface area contributed by atoms with Crippen molar-refractivity contribution >= 4 is 23.2 Å². The summed E-state index contributed by atoms with van der Waals surface area (Å²) >= 11 is 0. The minimum Gasteiger partial charge on any atom is -0.351 e. The smallest absolute Gasteiger partial charge is 0.282 e. The van der Waals surface area contributed by atoms with Gasteiger partial charge in [0.1, 0.15) is 5.70 Å². The third-order valence-electron chi connectivity index (χ3n) is 4.27. The summed E-state index contributed by atoms with van der Waals surface area (Å²) in [6.45, 7) is 2.12. The molecule has 1 N–H and O–H groups in total. The van der Waals surface area contributed by atoms with Gasteiger partial charge in [0.2, 0.25) is 0 Å². The van der Waals surface area contributed by atoms with E-state index in [2.05, 4.69) is 12.2 Å². The number of hydrogen-bond donors (Lipinski definition) is 1. The fraction of sp³-hybridized carbons (Fsp3) is 0.238. The van der Waals surface area contributed by atoms with Gasteiger partial charge in [-0.25, -0.2) is 4.90 Å². The van der Waals surface area contributed by atoms with Gasteiger partial charge in [0.15, 0.2) is 0 Å². The number of carbonyl (C=O) groups is 2. The molecule has 3 rings (SSSR count). The van der Waals surface area contributed by atoms with E-state index in [1.807, 2.05) is 48.5 Å². The summed E-state index contributed by atoms with van der Waals surface area (Å²) in [6.07, 6.45) is 3.61. The zero-order chi connectivity index (χ0) is 17.6. The molecule has 4 heteroatoms. The summed E-state index contributed by atoms with van der Waals surface area (Å²) in [5, 5.41) is 3.17. The van der Waals surface area contributed by atoms with Crippen molar-refractivity contribution in [1.82, 2.24) is 0 Å². The summed E-state index contributed by atoms with van der Waals surface area (Å²) in [4.78, 5) is 27.1. The number of benzene rings is 2. The number of carbonyl (C=O) groups excluding carboxylic acids is 2. The average molecular weight is 334 g/mol. The van der Waals surface area contributed by atoms with Crippen molar-refractivity contribution in [3.63, 3.8) is 0 Å². The highest BCUT2D eigenvalue weighted by Crippen LogP contribution is 2.30. The average Bonchev–Trinajstić information content (AvgIpc) is 2.87. The molecule has 2 amide bonds. The summed E-state index contributed by atoms with van der Waals surface area (Å²) < 4.78 is 0. The van der Waals surface area contributed by atoms with Gasteiger partial charge in [-0.2, -0.15) is 0 Å². The lowest BCUT2D eigenvalue weighted by Crippen LogP contribution is -2.32. The van der Waals surface area contributed by atoms with Crippen LogP contribution in [-0.4, -0.2) is 11.8 Å². The van der Waals surface area contributed by atoms with E-state index in [1.54, 1.807) is 12.1 Å². The molecule has 0 bridgehead atoms. The Labute approximate surface area is 148 Å². The summed E-state index contributed by atoms with van der Waals surface area (Å²) in [5.41, 5.74) is 2.39. The predicted molar refractivity (Wildman–Crippen MR) is 100 cm³/mol. The quantitative estimate of drug-likeness (QED) is 0.599. The number of hydrogen-bond acceptors (Lipinski definition) is 3. The fourth-order valence-corrected chi connectivity index (χ4v) is 2.97. The highest BCUT2D eigenvalue weighted by atomic mass is 16.2. The number of nitrogens with zero attached hydrogens (tertiary/aromatic N) is 1. The lowest BCUT2D eigenvalue weighted by molar-refractivity contribution is -0.120. The van der Waals surface area contributed by atoms with Crippen LogP contribution in [0.25, 0.3) is 0 Å².